The van der Waals surface area contributed by atoms with E-state index in [-0.39, 0.29) is 36.0 Å². The molecule has 1 atom stereocenters. The molecule has 0 amide bonds. The number of nitrogens with zero attached hydrogens (tertiary/aromatic N) is 2. The topological polar surface area (TPSA) is 111 Å². The normalized spacial score (nSPS) is 12.8. The van der Waals surface area contributed by atoms with E-state index in [2.05, 4.69) is 9.97 Å². The zero-order valence-electron chi connectivity index (χ0n) is 17.8. The third-order valence-electron chi connectivity index (χ3n) is 6.05. The summed E-state index contributed by atoms with van der Waals surface area (Å²) in [5.41, 5.74) is 9.27. The number of nitrogens with one attached hydrogen (secondary N) is 1. The van der Waals surface area contributed by atoms with Crippen molar-refractivity contribution in [2.75, 3.05) is 0 Å². The number of halogens is 1. The second-order valence-corrected chi connectivity index (χ2v) is 8.06. The van der Waals surface area contributed by atoms with Crippen LogP contribution in [0, 0.1) is 0 Å². The molecule has 1 aliphatic rings. The van der Waals surface area contributed by atoms with Gasteiger partial charge in [-0.2, -0.15) is 0 Å². The molecule has 0 fully saturated rings. The molecule has 7 nitrogen and oxygen atoms in total. The number of hydrogen-bond donors (Lipinski definition) is 2. The van der Waals surface area contributed by atoms with Crippen LogP contribution in [-0.4, -0.2) is 32.1 Å². The van der Waals surface area contributed by atoms with Crippen LogP contribution in [0.3, 0.4) is 0 Å². The summed E-state index contributed by atoms with van der Waals surface area (Å²) >= 11 is 0. The minimum Gasteiger partial charge on any atom is -0.348 e. The Morgan fingerprint density at radius 1 is 1.03 bits per heavy atom. The van der Waals surface area contributed by atoms with Crippen molar-refractivity contribution in [2.45, 2.75) is 31.8 Å². The number of rotatable bonds is 7. The Labute approximate surface area is 196 Å². The first-order valence-electron chi connectivity index (χ1n) is 10.6. The van der Waals surface area contributed by atoms with Crippen LogP contribution in [0.2, 0.25) is 0 Å². The largest absolute Gasteiger partial charge is 0.348 e. The van der Waals surface area contributed by atoms with E-state index in [1.807, 2.05) is 30.3 Å². The lowest BCUT2D eigenvalue weighted by molar-refractivity contribution is -0.120. The van der Waals surface area contributed by atoms with Gasteiger partial charge in [0.25, 0.3) is 5.56 Å². The third kappa shape index (κ3) is 3.90. The molecule has 168 valence electrons. The van der Waals surface area contributed by atoms with Gasteiger partial charge in [-0.05, 0) is 12.5 Å². The molecule has 1 aliphatic carbocycles. The molecule has 0 spiro atoms. The lowest BCUT2D eigenvalue weighted by Crippen LogP contribution is -2.33. The maximum Gasteiger partial charge on any atom is 0.258 e. The van der Waals surface area contributed by atoms with Gasteiger partial charge in [0.2, 0.25) is 0 Å². The summed E-state index contributed by atoms with van der Waals surface area (Å²) in [7, 11) is 0. The van der Waals surface area contributed by atoms with Crippen molar-refractivity contribution in [3.63, 3.8) is 0 Å². The first-order valence-corrected chi connectivity index (χ1v) is 10.6. The fourth-order valence-corrected chi connectivity index (χ4v) is 4.49. The molecule has 0 aliphatic heterocycles. The summed E-state index contributed by atoms with van der Waals surface area (Å²) in [6.45, 7) is 0.329. The maximum absolute atomic E-state index is 13.4. The Bertz CT molecular complexity index is 1410. The first kappa shape index (κ1) is 22.6. The molecule has 2 aromatic carbocycles. The van der Waals surface area contributed by atoms with E-state index in [1.54, 1.807) is 35.3 Å². The molecule has 0 radical (unpaired) electrons. The van der Waals surface area contributed by atoms with Crippen molar-refractivity contribution < 1.29 is 9.59 Å². The predicted octanol–water partition coefficient (Wildman–Crippen LogP) is 3.28. The molecule has 33 heavy (non-hydrogen) atoms. The molecule has 2 heterocycles. The van der Waals surface area contributed by atoms with Gasteiger partial charge < -0.3 is 15.3 Å². The van der Waals surface area contributed by atoms with Crippen LogP contribution in [0.25, 0.3) is 22.0 Å². The quantitative estimate of drug-likeness (QED) is 0.385. The lowest BCUT2D eigenvalue weighted by atomic mass is 10.0. The number of nitrogens with two attached hydrogens (primary N) is 1. The zero-order chi connectivity index (χ0) is 22.2. The van der Waals surface area contributed by atoms with Crippen LogP contribution in [0.4, 0.5) is 0 Å². The number of benzene rings is 2. The molecule has 4 aromatic rings. The van der Waals surface area contributed by atoms with Crippen molar-refractivity contribution in [2.24, 2.45) is 5.73 Å². The molecule has 0 unspecified atom stereocenters. The van der Waals surface area contributed by atoms with Gasteiger partial charge in [-0.3, -0.25) is 14.4 Å². The number of pyridine rings is 1. The second-order valence-electron chi connectivity index (χ2n) is 8.06. The molecule has 0 bridgehead atoms. The summed E-state index contributed by atoms with van der Waals surface area (Å²) in [6, 6.07) is 13.9. The predicted molar refractivity (Wildman–Crippen MR) is 129 cm³/mol. The van der Waals surface area contributed by atoms with Gasteiger partial charge in [-0.25, -0.2) is 4.98 Å². The van der Waals surface area contributed by atoms with Crippen LogP contribution >= 0.6 is 12.4 Å². The lowest BCUT2D eigenvalue weighted by Gasteiger charge is -2.15. The Morgan fingerprint density at radius 2 is 1.73 bits per heavy atom. The first-order chi connectivity index (χ1) is 15.6. The van der Waals surface area contributed by atoms with Crippen LogP contribution in [0.1, 0.15) is 34.5 Å². The molecule has 3 N–H and O–H groups in total. The molecule has 5 rings (SSSR count). The van der Waals surface area contributed by atoms with E-state index in [0.29, 0.717) is 47.0 Å². The van der Waals surface area contributed by atoms with E-state index >= 15 is 0 Å². The molecule has 2 aromatic heterocycles. The Morgan fingerprint density at radius 3 is 2.45 bits per heavy atom. The molecular weight excluding hydrogens is 440 g/mol. The summed E-state index contributed by atoms with van der Waals surface area (Å²) in [6.07, 6.45) is 4.30. The number of aromatic amines is 1. The fourth-order valence-electron chi connectivity index (χ4n) is 4.49. The van der Waals surface area contributed by atoms with Gasteiger partial charge in [0.15, 0.2) is 5.78 Å². The van der Waals surface area contributed by atoms with Crippen molar-refractivity contribution in [3.8, 4) is 11.3 Å². The summed E-state index contributed by atoms with van der Waals surface area (Å²) in [5, 5.41) is 1.18. The number of ketones is 2. The van der Waals surface area contributed by atoms with Crippen molar-refractivity contribution in [1.29, 1.82) is 0 Å². The Kier molecular flexibility index (Phi) is 6.26. The van der Waals surface area contributed by atoms with Crippen molar-refractivity contribution in [3.05, 3.63) is 88.2 Å². The Hall–Kier alpha value is -3.55. The van der Waals surface area contributed by atoms with Crippen LogP contribution in [-0.2, 0) is 17.8 Å². The monoisotopic (exact) mass is 462 g/mol. The van der Waals surface area contributed by atoms with Gasteiger partial charge >= 0.3 is 0 Å². The van der Waals surface area contributed by atoms with Gasteiger partial charge in [0.1, 0.15) is 5.78 Å². The molecule has 0 saturated carbocycles. The number of aromatic nitrogens is 3. The summed E-state index contributed by atoms with van der Waals surface area (Å²) in [5.74, 6) is -0.139. The number of carbonyl (C=O) groups excluding carboxylic acids is 2. The standard InChI is InChI=1S/C25H22N4O3.ClH/c26-20(12-15-13-27-14-28-15)21(30)10-5-11-29-23-17-7-2-3-8-18(17)24(31)22(23)16-6-1-4-9-19(16)25(29)32;/h1-4,6-9,13-14,20H,5,10-12,26H2,(H,27,28);1H/t20-;/m1./s1. The molecule has 0 saturated heterocycles. The SMILES string of the molecule is Cl.N[C@H](Cc1cnc[nH]1)C(=O)CCCn1c2c(c3ccccc3c1=O)C(=O)c1ccccc1-2. The third-order valence-corrected chi connectivity index (χ3v) is 6.05. The minimum absolute atomic E-state index is 0. The smallest absolute Gasteiger partial charge is 0.258 e. The fraction of sp³-hybridized carbons (Fsp3) is 0.200. The van der Waals surface area contributed by atoms with Crippen molar-refractivity contribution in [1.82, 2.24) is 14.5 Å². The average molecular weight is 463 g/mol. The van der Waals surface area contributed by atoms with Crippen molar-refractivity contribution >= 4 is 34.7 Å². The maximum atomic E-state index is 13.4. The highest BCUT2D eigenvalue weighted by atomic mass is 35.5. The van der Waals surface area contributed by atoms with Gasteiger partial charge in [0, 0.05) is 53.2 Å². The summed E-state index contributed by atoms with van der Waals surface area (Å²) in [4.78, 5) is 46.0. The van der Waals surface area contributed by atoms with E-state index in [1.165, 1.54) is 0 Å². The van der Waals surface area contributed by atoms with E-state index in [9.17, 15) is 14.4 Å². The van der Waals surface area contributed by atoms with E-state index in [0.717, 1.165) is 11.3 Å². The van der Waals surface area contributed by atoms with Gasteiger partial charge in [-0.15, -0.1) is 12.4 Å². The number of Topliss-reactive ketones (excluding diaryl/α,β-unsaturated/α-hetero) is 1. The number of fused-ring (bicyclic) bond motifs is 5. The molecular formula is C25H23ClN4O3. The number of carbonyl (C=O) groups is 2. The average Bonchev–Trinajstić information content (AvgIpc) is 3.42. The highest BCUT2D eigenvalue weighted by Crippen LogP contribution is 2.39. The zero-order valence-corrected chi connectivity index (χ0v) is 18.6. The van der Waals surface area contributed by atoms with Crippen LogP contribution < -0.4 is 11.3 Å². The Balaban J connectivity index is 0.00000259. The molecule has 8 heteroatoms. The number of imidazole rings is 1. The summed E-state index contributed by atoms with van der Waals surface area (Å²) < 4.78 is 1.65. The van der Waals surface area contributed by atoms with Crippen LogP contribution in [0.5, 0.6) is 0 Å². The van der Waals surface area contributed by atoms with Gasteiger partial charge in [0.05, 0.1) is 23.6 Å². The minimum atomic E-state index is -0.628. The van der Waals surface area contributed by atoms with E-state index < -0.39 is 6.04 Å². The highest BCUT2D eigenvalue weighted by molar-refractivity contribution is 6.26. The second kappa shape index (κ2) is 9.13. The number of hydrogen-bond acceptors (Lipinski definition) is 5. The van der Waals surface area contributed by atoms with Gasteiger partial charge in [-0.1, -0.05) is 42.5 Å². The van der Waals surface area contributed by atoms with E-state index in [4.69, 9.17) is 5.73 Å². The highest BCUT2D eigenvalue weighted by Gasteiger charge is 2.32. The number of H-pyrrole nitrogens is 1. The van der Waals surface area contributed by atoms with Crippen LogP contribution in [0.15, 0.2) is 65.8 Å².